The minimum atomic E-state index is -1.16. The topological polar surface area (TPSA) is 108 Å². The van der Waals surface area contributed by atoms with Gasteiger partial charge in [-0.2, -0.15) is 0 Å². The van der Waals surface area contributed by atoms with E-state index in [1.54, 1.807) is 0 Å². The van der Waals surface area contributed by atoms with Crippen molar-refractivity contribution in [1.29, 1.82) is 0 Å². The Labute approximate surface area is 106 Å². The third-order valence-electron chi connectivity index (χ3n) is 2.51. The summed E-state index contributed by atoms with van der Waals surface area (Å²) in [5.41, 5.74) is -0.140. The van der Waals surface area contributed by atoms with Crippen molar-refractivity contribution >= 4 is 29.1 Å². The molecule has 0 spiro atoms. The number of carbonyl (C=O) groups excluding carboxylic acids is 2. The standard InChI is InChI=1S/C10H11N3O4S/c14-7-2-1-5(12-7)3-11-8(15)9-13-6(4-18-9)10(16)17/h4-5H,1-3H2,(H,11,15)(H,12,14)(H,16,17). The maximum Gasteiger partial charge on any atom is 0.355 e. The van der Waals surface area contributed by atoms with E-state index in [-0.39, 0.29) is 22.7 Å². The van der Waals surface area contributed by atoms with Crippen LogP contribution in [0.5, 0.6) is 0 Å². The number of carboxylic acids is 1. The number of thiazole rings is 1. The number of hydrogen-bond acceptors (Lipinski definition) is 5. The summed E-state index contributed by atoms with van der Waals surface area (Å²) in [5.74, 6) is -1.60. The summed E-state index contributed by atoms with van der Waals surface area (Å²) in [5, 5.41) is 15.4. The third-order valence-corrected chi connectivity index (χ3v) is 3.35. The molecule has 1 aromatic rings. The van der Waals surface area contributed by atoms with Crippen molar-refractivity contribution in [2.24, 2.45) is 0 Å². The van der Waals surface area contributed by atoms with Crippen LogP contribution in [0.2, 0.25) is 0 Å². The van der Waals surface area contributed by atoms with Gasteiger partial charge in [-0.3, -0.25) is 9.59 Å². The average molecular weight is 269 g/mol. The van der Waals surface area contributed by atoms with Crippen LogP contribution in [-0.4, -0.2) is 40.5 Å². The van der Waals surface area contributed by atoms with Gasteiger partial charge in [-0.1, -0.05) is 0 Å². The Hall–Kier alpha value is -1.96. The summed E-state index contributed by atoms with van der Waals surface area (Å²) in [6.07, 6.45) is 1.16. The van der Waals surface area contributed by atoms with E-state index in [1.165, 1.54) is 5.38 Å². The fraction of sp³-hybridized carbons (Fsp3) is 0.400. The fourth-order valence-corrected chi connectivity index (χ4v) is 2.31. The summed E-state index contributed by atoms with van der Waals surface area (Å²) >= 11 is 0.978. The molecule has 3 N–H and O–H groups in total. The number of nitrogens with one attached hydrogen (secondary N) is 2. The first-order chi connectivity index (χ1) is 8.56. The smallest absolute Gasteiger partial charge is 0.355 e. The van der Waals surface area contributed by atoms with Crippen molar-refractivity contribution in [3.8, 4) is 0 Å². The highest BCUT2D eigenvalue weighted by molar-refractivity contribution is 7.11. The van der Waals surface area contributed by atoms with E-state index in [0.717, 1.165) is 11.3 Å². The minimum absolute atomic E-state index is 0.0170. The van der Waals surface area contributed by atoms with E-state index in [4.69, 9.17) is 5.11 Å². The molecule has 1 unspecified atom stereocenters. The summed E-state index contributed by atoms with van der Waals surface area (Å²) < 4.78 is 0. The predicted octanol–water partition coefficient (Wildman–Crippen LogP) is -0.150. The number of carbonyl (C=O) groups is 3. The van der Waals surface area contributed by atoms with E-state index in [0.29, 0.717) is 19.4 Å². The number of nitrogens with zero attached hydrogens (tertiary/aromatic N) is 1. The van der Waals surface area contributed by atoms with Crippen LogP contribution in [-0.2, 0) is 4.79 Å². The minimum Gasteiger partial charge on any atom is -0.476 e. The monoisotopic (exact) mass is 269 g/mol. The van der Waals surface area contributed by atoms with Gasteiger partial charge in [-0.15, -0.1) is 11.3 Å². The van der Waals surface area contributed by atoms with Crippen molar-refractivity contribution in [2.75, 3.05) is 6.54 Å². The molecule has 1 aromatic heterocycles. The summed E-state index contributed by atoms with van der Waals surface area (Å²) in [6.45, 7) is 0.326. The second-order valence-electron chi connectivity index (χ2n) is 3.86. The Kier molecular flexibility index (Phi) is 3.56. The lowest BCUT2D eigenvalue weighted by Gasteiger charge is -2.09. The largest absolute Gasteiger partial charge is 0.476 e. The first-order valence-corrected chi connectivity index (χ1v) is 6.20. The first kappa shape index (κ1) is 12.5. The second-order valence-corrected chi connectivity index (χ2v) is 4.71. The molecule has 0 aromatic carbocycles. The van der Waals surface area contributed by atoms with Gasteiger partial charge in [0.1, 0.15) is 0 Å². The van der Waals surface area contributed by atoms with Gasteiger partial charge in [0.05, 0.1) is 0 Å². The van der Waals surface area contributed by atoms with Crippen molar-refractivity contribution in [3.05, 3.63) is 16.1 Å². The normalized spacial score (nSPS) is 18.4. The number of rotatable bonds is 4. The number of amides is 2. The van der Waals surface area contributed by atoms with Crippen LogP contribution < -0.4 is 10.6 Å². The Morgan fingerprint density at radius 2 is 2.39 bits per heavy atom. The van der Waals surface area contributed by atoms with E-state index < -0.39 is 11.9 Å². The molecule has 0 saturated carbocycles. The molecule has 0 aliphatic carbocycles. The highest BCUT2D eigenvalue weighted by Gasteiger charge is 2.22. The first-order valence-electron chi connectivity index (χ1n) is 5.32. The fourth-order valence-electron chi connectivity index (χ4n) is 1.60. The molecule has 2 heterocycles. The maximum atomic E-state index is 11.7. The van der Waals surface area contributed by atoms with E-state index >= 15 is 0 Å². The molecule has 0 radical (unpaired) electrons. The number of aromatic carboxylic acids is 1. The average Bonchev–Trinajstić information content (AvgIpc) is 2.94. The molecule has 18 heavy (non-hydrogen) atoms. The number of hydrogen-bond donors (Lipinski definition) is 3. The van der Waals surface area contributed by atoms with Crippen LogP contribution in [0, 0.1) is 0 Å². The zero-order chi connectivity index (χ0) is 13.1. The van der Waals surface area contributed by atoms with Gasteiger partial charge in [0.2, 0.25) is 5.91 Å². The van der Waals surface area contributed by atoms with Gasteiger partial charge < -0.3 is 15.7 Å². The zero-order valence-corrected chi connectivity index (χ0v) is 10.1. The number of aromatic nitrogens is 1. The molecule has 2 rings (SSSR count). The van der Waals surface area contributed by atoms with Gasteiger partial charge in [-0.05, 0) is 6.42 Å². The van der Waals surface area contributed by atoms with Gasteiger partial charge in [0, 0.05) is 24.4 Å². The Bertz CT molecular complexity index is 499. The van der Waals surface area contributed by atoms with Crippen molar-refractivity contribution in [2.45, 2.75) is 18.9 Å². The Morgan fingerprint density at radius 3 is 2.94 bits per heavy atom. The van der Waals surface area contributed by atoms with Gasteiger partial charge in [-0.25, -0.2) is 9.78 Å². The maximum absolute atomic E-state index is 11.7. The lowest BCUT2D eigenvalue weighted by atomic mass is 10.2. The molecule has 1 atom stereocenters. The number of carboxylic acid groups (broad SMARTS) is 1. The van der Waals surface area contributed by atoms with Gasteiger partial charge in [0.15, 0.2) is 10.7 Å². The second kappa shape index (κ2) is 5.13. The van der Waals surface area contributed by atoms with Crippen LogP contribution >= 0.6 is 11.3 Å². The Balaban J connectivity index is 1.87. The Morgan fingerprint density at radius 1 is 1.61 bits per heavy atom. The quantitative estimate of drug-likeness (QED) is 0.704. The molecular formula is C10H11N3O4S. The summed E-state index contributed by atoms with van der Waals surface area (Å²) in [6, 6.07) is -0.0552. The lowest BCUT2D eigenvalue weighted by molar-refractivity contribution is -0.119. The van der Waals surface area contributed by atoms with Crippen LogP contribution in [0.4, 0.5) is 0 Å². The molecular weight excluding hydrogens is 258 g/mol. The zero-order valence-electron chi connectivity index (χ0n) is 9.30. The molecule has 2 amide bonds. The molecule has 1 saturated heterocycles. The van der Waals surface area contributed by atoms with Gasteiger partial charge >= 0.3 is 5.97 Å². The van der Waals surface area contributed by atoms with Crippen LogP contribution in [0.25, 0.3) is 0 Å². The molecule has 1 aliphatic rings. The van der Waals surface area contributed by atoms with Crippen molar-refractivity contribution in [3.63, 3.8) is 0 Å². The van der Waals surface area contributed by atoms with Crippen LogP contribution in [0.1, 0.15) is 33.1 Å². The summed E-state index contributed by atoms with van der Waals surface area (Å²) in [7, 11) is 0. The molecule has 1 aliphatic heterocycles. The lowest BCUT2D eigenvalue weighted by Crippen LogP contribution is -2.38. The van der Waals surface area contributed by atoms with Gasteiger partial charge in [0.25, 0.3) is 5.91 Å². The summed E-state index contributed by atoms with van der Waals surface area (Å²) in [4.78, 5) is 36.9. The van der Waals surface area contributed by atoms with Crippen LogP contribution in [0.3, 0.4) is 0 Å². The molecule has 8 heteroatoms. The highest BCUT2D eigenvalue weighted by atomic mass is 32.1. The van der Waals surface area contributed by atoms with Crippen molar-refractivity contribution < 1.29 is 19.5 Å². The predicted molar refractivity (Wildman–Crippen MR) is 62.6 cm³/mol. The SMILES string of the molecule is O=C1CCC(CNC(=O)c2nc(C(=O)O)cs2)N1. The highest BCUT2D eigenvalue weighted by Crippen LogP contribution is 2.10. The van der Waals surface area contributed by atoms with E-state index in [9.17, 15) is 14.4 Å². The third kappa shape index (κ3) is 2.83. The molecule has 7 nitrogen and oxygen atoms in total. The van der Waals surface area contributed by atoms with Crippen LogP contribution in [0.15, 0.2) is 5.38 Å². The van der Waals surface area contributed by atoms with E-state index in [2.05, 4.69) is 15.6 Å². The molecule has 1 fully saturated rings. The van der Waals surface area contributed by atoms with Crippen molar-refractivity contribution in [1.82, 2.24) is 15.6 Å². The molecule has 0 bridgehead atoms. The molecule has 96 valence electrons. The van der Waals surface area contributed by atoms with E-state index in [1.807, 2.05) is 0 Å².